The molecule has 0 aliphatic carbocycles. The molecule has 10 heteroatoms. The van der Waals surface area contributed by atoms with Gasteiger partial charge in [0.2, 0.25) is 0 Å². The highest BCUT2D eigenvalue weighted by Gasteiger charge is 2.28. The molecule has 10 nitrogen and oxygen atoms in total. The Morgan fingerprint density at radius 2 is 0.862 bits per heavy atom. The van der Waals surface area contributed by atoms with Crippen LogP contribution in [0, 0.1) is 19.6 Å². The van der Waals surface area contributed by atoms with Gasteiger partial charge in [0.25, 0.3) is 0 Å². The van der Waals surface area contributed by atoms with Crippen LogP contribution < -0.4 is 0 Å². The van der Waals surface area contributed by atoms with Crippen LogP contribution in [0.25, 0.3) is 0 Å². The van der Waals surface area contributed by atoms with E-state index < -0.39 is 5.41 Å². The molecule has 0 amide bonds. The molecule has 0 radical (unpaired) electrons. The summed E-state index contributed by atoms with van der Waals surface area (Å²) in [5, 5.41) is 31.7. The summed E-state index contributed by atoms with van der Waals surface area (Å²) < 4.78 is 0. The second-order valence-corrected chi connectivity index (χ2v) is 7.06. The zero-order valence-electron chi connectivity index (χ0n) is 16.0. The highest BCUT2D eigenvalue weighted by Crippen LogP contribution is 2.39. The minimum absolute atomic E-state index is 0.217. The molecular formula is C19H20N4O6. The van der Waals surface area contributed by atoms with Crippen molar-refractivity contribution in [2.45, 2.75) is 45.4 Å². The van der Waals surface area contributed by atoms with E-state index >= 15 is 0 Å². The first-order valence-corrected chi connectivity index (χ1v) is 8.67. The van der Waals surface area contributed by atoms with Crippen LogP contribution in [0.1, 0.15) is 47.2 Å². The van der Waals surface area contributed by atoms with Crippen LogP contribution in [-0.4, -0.2) is 10.2 Å². The quantitative estimate of drug-likeness (QED) is 0.559. The van der Waals surface area contributed by atoms with Crippen LogP contribution >= 0.6 is 0 Å². The molecule has 0 fully saturated rings. The number of phenols is 2. The molecule has 0 atom stereocenters. The highest BCUT2D eigenvalue weighted by molar-refractivity contribution is 5.52. The zero-order valence-corrected chi connectivity index (χ0v) is 16.0. The van der Waals surface area contributed by atoms with E-state index in [-0.39, 0.29) is 59.9 Å². The van der Waals surface area contributed by atoms with E-state index in [2.05, 4.69) is 20.7 Å². The van der Waals surface area contributed by atoms with Crippen molar-refractivity contribution in [1.29, 1.82) is 0 Å². The smallest absolute Gasteiger partial charge is 0.125 e. The lowest BCUT2D eigenvalue weighted by Gasteiger charge is -2.29. The third-order valence-electron chi connectivity index (χ3n) is 4.92. The van der Waals surface area contributed by atoms with Gasteiger partial charge in [-0.3, -0.25) is 0 Å². The van der Waals surface area contributed by atoms with E-state index in [0.29, 0.717) is 11.1 Å². The van der Waals surface area contributed by atoms with E-state index in [9.17, 15) is 29.8 Å². The van der Waals surface area contributed by atoms with Gasteiger partial charge < -0.3 is 10.2 Å². The van der Waals surface area contributed by atoms with Crippen LogP contribution in [-0.2, 0) is 31.6 Å². The van der Waals surface area contributed by atoms with Crippen molar-refractivity contribution in [3.8, 4) is 11.5 Å². The average Bonchev–Trinajstić information content (AvgIpc) is 2.68. The molecule has 0 aliphatic rings. The van der Waals surface area contributed by atoms with Crippen molar-refractivity contribution >= 4 is 0 Å². The Bertz CT molecular complexity index is 820. The van der Waals surface area contributed by atoms with Crippen molar-refractivity contribution in [2.24, 2.45) is 20.7 Å². The number of rotatable bonds is 10. The van der Waals surface area contributed by atoms with Gasteiger partial charge in [-0.05, 0) is 35.4 Å². The highest BCUT2D eigenvalue weighted by atomic mass is 16.3. The normalized spacial score (nSPS) is 11.1. The lowest BCUT2D eigenvalue weighted by atomic mass is 9.75. The molecule has 152 valence electrons. The van der Waals surface area contributed by atoms with Gasteiger partial charge in [0, 0.05) is 27.7 Å². The Balaban J connectivity index is 2.70. The SMILES string of the molecule is CC(C)(c1cc(CN=O)c(O)c(CN=O)c1)c1cc(CN=O)c(O)c(CN=O)c1. The van der Waals surface area contributed by atoms with Crippen molar-refractivity contribution in [2.75, 3.05) is 0 Å². The molecule has 29 heavy (non-hydrogen) atoms. The van der Waals surface area contributed by atoms with Gasteiger partial charge >= 0.3 is 0 Å². The molecular weight excluding hydrogens is 380 g/mol. The van der Waals surface area contributed by atoms with Crippen LogP contribution in [0.5, 0.6) is 11.5 Å². The Kier molecular flexibility index (Phi) is 6.81. The Hall–Kier alpha value is -3.56. The molecule has 0 spiro atoms. The second kappa shape index (κ2) is 9.09. The van der Waals surface area contributed by atoms with E-state index in [4.69, 9.17) is 0 Å². The first kappa shape index (κ1) is 21.7. The second-order valence-electron chi connectivity index (χ2n) is 7.06. The van der Waals surface area contributed by atoms with Crippen LogP contribution in [0.15, 0.2) is 45.0 Å². The first-order valence-electron chi connectivity index (χ1n) is 8.67. The fraction of sp³-hybridized carbons (Fsp3) is 0.368. The minimum Gasteiger partial charge on any atom is -0.507 e. The fourth-order valence-corrected chi connectivity index (χ4v) is 3.17. The van der Waals surface area contributed by atoms with Gasteiger partial charge in [-0.15, -0.1) is 0 Å². The van der Waals surface area contributed by atoms with Gasteiger partial charge in [0.1, 0.15) is 37.7 Å². The molecule has 2 N–H and O–H groups in total. The summed E-state index contributed by atoms with van der Waals surface area (Å²) in [5.74, 6) is -0.433. The molecule has 0 unspecified atom stereocenters. The van der Waals surface area contributed by atoms with Gasteiger partial charge in [-0.1, -0.05) is 34.6 Å². The van der Waals surface area contributed by atoms with E-state index in [0.717, 1.165) is 0 Å². The summed E-state index contributed by atoms with van der Waals surface area (Å²) in [7, 11) is 0. The third-order valence-corrected chi connectivity index (χ3v) is 4.92. The maximum atomic E-state index is 10.7. The lowest BCUT2D eigenvalue weighted by Crippen LogP contribution is -2.20. The largest absolute Gasteiger partial charge is 0.507 e. The lowest BCUT2D eigenvalue weighted by molar-refractivity contribution is 0.459. The van der Waals surface area contributed by atoms with Crippen molar-refractivity contribution < 1.29 is 10.2 Å². The maximum Gasteiger partial charge on any atom is 0.125 e. The van der Waals surface area contributed by atoms with Gasteiger partial charge in [-0.2, -0.15) is 19.6 Å². The minimum atomic E-state index is -0.772. The summed E-state index contributed by atoms with van der Waals surface area (Å²) in [4.78, 5) is 43.0. The number of hydrogen-bond acceptors (Lipinski definition) is 10. The fourth-order valence-electron chi connectivity index (χ4n) is 3.17. The number of benzene rings is 2. The van der Waals surface area contributed by atoms with Gasteiger partial charge in [-0.25, -0.2) is 0 Å². The summed E-state index contributed by atoms with van der Waals surface area (Å²) in [5.41, 5.74) is 1.47. The summed E-state index contributed by atoms with van der Waals surface area (Å²) in [6, 6.07) is 6.36. The molecule has 0 saturated carbocycles. The first-order chi connectivity index (χ1) is 13.8. The standard InChI is InChI=1S/C19H20N4O6/c1-19(2,15-3-11(7-20-26)17(24)12(4-15)8-21-27)16-5-13(9-22-28)18(25)14(6-16)10-23-29/h3-6,24-25H,7-10H2,1-2H3. The van der Waals surface area contributed by atoms with Crippen molar-refractivity contribution in [1.82, 2.24) is 0 Å². The molecule has 0 heterocycles. The molecule has 2 aromatic carbocycles. The summed E-state index contributed by atoms with van der Waals surface area (Å²) in [6.45, 7) is 2.49. The zero-order chi connectivity index (χ0) is 21.6. The number of nitroso groups, excluding NO2 is 4. The summed E-state index contributed by atoms with van der Waals surface area (Å²) in [6.07, 6.45) is 0. The van der Waals surface area contributed by atoms with E-state index in [1.165, 1.54) is 0 Å². The predicted molar refractivity (Wildman–Crippen MR) is 106 cm³/mol. The van der Waals surface area contributed by atoms with E-state index in [1.54, 1.807) is 24.3 Å². The molecule has 0 saturated heterocycles. The van der Waals surface area contributed by atoms with Crippen LogP contribution in [0.3, 0.4) is 0 Å². The molecule has 2 aromatic rings. The van der Waals surface area contributed by atoms with Crippen molar-refractivity contribution in [3.05, 3.63) is 77.3 Å². The number of hydrogen-bond donors (Lipinski definition) is 2. The topological polar surface area (TPSA) is 158 Å². The van der Waals surface area contributed by atoms with E-state index in [1.807, 2.05) is 13.8 Å². The Labute approximate surface area is 165 Å². The monoisotopic (exact) mass is 400 g/mol. The predicted octanol–water partition coefficient (Wildman–Crippen LogP) is 4.49. The Morgan fingerprint density at radius 1 is 0.621 bits per heavy atom. The maximum absolute atomic E-state index is 10.7. The molecule has 0 aliphatic heterocycles. The van der Waals surface area contributed by atoms with Gasteiger partial charge in [0.05, 0.1) is 0 Å². The molecule has 2 rings (SSSR count). The summed E-state index contributed by atoms with van der Waals surface area (Å²) >= 11 is 0. The van der Waals surface area contributed by atoms with Gasteiger partial charge in [0.15, 0.2) is 0 Å². The van der Waals surface area contributed by atoms with Crippen LogP contribution in [0.2, 0.25) is 0 Å². The molecule has 0 aromatic heterocycles. The Morgan fingerprint density at radius 3 is 1.07 bits per heavy atom. The van der Waals surface area contributed by atoms with Crippen LogP contribution in [0.4, 0.5) is 0 Å². The third kappa shape index (κ3) is 4.48. The molecule has 0 bridgehead atoms. The number of phenolic OH excluding ortho intramolecular Hbond substituents is 2. The van der Waals surface area contributed by atoms with Crippen molar-refractivity contribution in [3.63, 3.8) is 0 Å². The number of nitrogens with zero attached hydrogens (tertiary/aromatic N) is 4. The average molecular weight is 400 g/mol. The number of aromatic hydroxyl groups is 2.